The Morgan fingerprint density at radius 1 is 1.05 bits per heavy atom. The highest BCUT2D eigenvalue weighted by Crippen LogP contribution is 2.31. The molecular formula is C16H11ClN2O2. The van der Waals surface area contributed by atoms with Crippen LogP contribution in [0.2, 0.25) is 5.02 Å². The molecule has 0 radical (unpaired) electrons. The Kier molecular flexibility index (Phi) is 4.81. The molecule has 0 aromatic heterocycles. The Morgan fingerprint density at radius 3 is 2.14 bits per heavy atom. The molecular weight excluding hydrogens is 288 g/mol. The number of hydrogen-bond donors (Lipinski definition) is 0. The largest absolute Gasteiger partial charge is 0.240 e. The number of aliphatic imine (C=N–C) groups is 2. The average Bonchev–Trinajstić information content (AvgIpc) is 2.47. The summed E-state index contributed by atoms with van der Waals surface area (Å²) in [6, 6.07) is 11.0. The van der Waals surface area contributed by atoms with Crippen LogP contribution in [0.3, 0.4) is 0 Å². The molecule has 0 saturated heterocycles. The lowest BCUT2D eigenvalue weighted by molar-refractivity contribution is 0.565. The van der Waals surface area contributed by atoms with E-state index in [2.05, 4.69) is 9.98 Å². The number of benzene rings is 2. The highest BCUT2D eigenvalue weighted by atomic mass is 35.5. The monoisotopic (exact) mass is 298 g/mol. The normalized spacial score (nSPS) is 9.62. The predicted molar refractivity (Wildman–Crippen MR) is 81.0 cm³/mol. The standard InChI is InChI=1S/C16H11ClN2O2/c1-11-15(18-9-20)7-12(8-16(11)19-10-21)6-13-4-2-3-5-14(13)17/h2-5,7-8H,6H2,1H3. The number of hydrogen-bond acceptors (Lipinski definition) is 4. The molecule has 0 atom stereocenters. The number of halogens is 1. The van der Waals surface area contributed by atoms with Crippen LogP contribution >= 0.6 is 11.6 Å². The minimum Gasteiger partial charge on any atom is -0.211 e. The van der Waals surface area contributed by atoms with Crippen molar-refractivity contribution >= 4 is 35.1 Å². The molecule has 104 valence electrons. The highest BCUT2D eigenvalue weighted by molar-refractivity contribution is 6.31. The summed E-state index contributed by atoms with van der Waals surface area (Å²) in [5, 5.41) is 0.652. The van der Waals surface area contributed by atoms with Gasteiger partial charge in [0.05, 0.1) is 11.4 Å². The zero-order valence-electron chi connectivity index (χ0n) is 11.3. The van der Waals surface area contributed by atoms with Crippen molar-refractivity contribution in [3.63, 3.8) is 0 Å². The molecule has 2 rings (SSSR count). The summed E-state index contributed by atoms with van der Waals surface area (Å²) in [6.45, 7) is 1.73. The number of rotatable bonds is 4. The highest BCUT2D eigenvalue weighted by Gasteiger charge is 2.08. The van der Waals surface area contributed by atoms with Gasteiger partial charge in [0, 0.05) is 10.6 Å². The smallest absolute Gasteiger partial charge is 0.211 e. The Hall–Kier alpha value is -2.51. The molecule has 2 aromatic carbocycles. The number of nitrogens with zero attached hydrogens (tertiary/aromatic N) is 2. The van der Waals surface area contributed by atoms with Crippen LogP contribution in [-0.2, 0) is 16.0 Å². The molecule has 21 heavy (non-hydrogen) atoms. The van der Waals surface area contributed by atoms with Gasteiger partial charge >= 0.3 is 0 Å². The van der Waals surface area contributed by atoms with Gasteiger partial charge in [-0.25, -0.2) is 9.59 Å². The van der Waals surface area contributed by atoms with E-state index in [1.54, 1.807) is 25.1 Å². The first-order chi connectivity index (χ1) is 10.2. The van der Waals surface area contributed by atoms with Gasteiger partial charge in [0.25, 0.3) is 0 Å². The molecule has 2 aromatic rings. The maximum Gasteiger partial charge on any atom is 0.240 e. The predicted octanol–water partition coefficient (Wildman–Crippen LogP) is 4.17. The van der Waals surface area contributed by atoms with Crippen molar-refractivity contribution < 1.29 is 9.59 Å². The molecule has 0 bridgehead atoms. The van der Waals surface area contributed by atoms with Gasteiger partial charge in [0.2, 0.25) is 12.2 Å². The molecule has 0 aliphatic heterocycles. The van der Waals surface area contributed by atoms with Gasteiger partial charge in [-0.1, -0.05) is 29.8 Å². The van der Waals surface area contributed by atoms with E-state index in [1.165, 1.54) is 12.2 Å². The quantitative estimate of drug-likeness (QED) is 0.628. The summed E-state index contributed by atoms with van der Waals surface area (Å²) in [5.41, 5.74) is 3.28. The fourth-order valence-electron chi connectivity index (χ4n) is 2.03. The van der Waals surface area contributed by atoms with Crippen molar-refractivity contribution in [2.75, 3.05) is 0 Å². The van der Waals surface area contributed by atoms with E-state index in [0.717, 1.165) is 11.1 Å². The summed E-state index contributed by atoms with van der Waals surface area (Å²) < 4.78 is 0. The van der Waals surface area contributed by atoms with Crippen LogP contribution in [0.4, 0.5) is 11.4 Å². The van der Waals surface area contributed by atoms with Gasteiger partial charge in [-0.3, -0.25) is 0 Å². The lowest BCUT2D eigenvalue weighted by Gasteiger charge is -2.08. The van der Waals surface area contributed by atoms with Crippen LogP contribution in [-0.4, -0.2) is 12.2 Å². The average molecular weight is 299 g/mol. The molecule has 5 heteroatoms. The van der Waals surface area contributed by atoms with Gasteiger partial charge in [0.1, 0.15) is 0 Å². The van der Waals surface area contributed by atoms with E-state index < -0.39 is 0 Å². The van der Waals surface area contributed by atoms with Gasteiger partial charge in [0.15, 0.2) is 0 Å². The summed E-state index contributed by atoms with van der Waals surface area (Å²) in [4.78, 5) is 28.3. The first-order valence-corrected chi connectivity index (χ1v) is 6.56. The zero-order chi connectivity index (χ0) is 15.2. The number of isocyanates is 2. The first-order valence-electron chi connectivity index (χ1n) is 6.18. The summed E-state index contributed by atoms with van der Waals surface area (Å²) >= 11 is 6.14. The molecule has 0 spiro atoms. The van der Waals surface area contributed by atoms with E-state index >= 15 is 0 Å². The Bertz CT molecular complexity index is 735. The molecule has 0 aliphatic carbocycles. The first kappa shape index (κ1) is 14.9. The second kappa shape index (κ2) is 6.78. The number of carbonyl (C=O) groups excluding carboxylic acids is 2. The molecule has 4 nitrogen and oxygen atoms in total. The van der Waals surface area contributed by atoms with Gasteiger partial charge in [-0.15, -0.1) is 0 Å². The van der Waals surface area contributed by atoms with Crippen molar-refractivity contribution in [1.82, 2.24) is 0 Å². The van der Waals surface area contributed by atoms with Crippen LogP contribution in [0.5, 0.6) is 0 Å². The van der Waals surface area contributed by atoms with Crippen molar-refractivity contribution in [2.45, 2.75) is 13.3 Å². The van der Waals surface area contributed by atoms with Crippen LogP contribution in [0.15, 0.2) is 46.4 Å². The zero-order valence-corrected chi connectivity index (χ0v) is 12.0. The molecule has 0 unspecified atom stereocenters. The van der Waals surface area contributed by atoms with Gasteiger partial charge in [-0.2, -0.15) is 9.98 Å². The molecule has 0 fully saturated rings. The minimum absolute atomic E-state index is 0.434. The Balaban J connectivity index is 2.51. The van der Waals surface area contributed by atoms with Gasteiger partial charge < -0.3 is 0 Å². The second-order valence-corrected chi connectivity index (χ2v) is 4.84. The van der Waals surface area contributed by atoms with Crippen molar-refractivity contribution in [3.8, 4) is 0 Å². The van der Waals surface area contributed by atoms with Crippen molar-refractivity contribution in [1.29, 1.82) is 0 Å². The van der Waals surface area contributed by atoms with Crippen LogP contribution in [0.25, 0.3) is 0 Å². The molecule has 0 saturated carbocycles. The van der Waals surface area contributed by atoms with Crippen LogP contribution in [0.1, 0.15) is 16.7 Å². The minimum atomic E-state index is 0.434. The third kappa shape index (κ3) is 3.53. The van der Waals surface area contributed by atoms with E-state index in [9.17, 15) is 9.59 Å². The van der Waals surface area contributed by atoms with E-state index in [-0.39, 0.29) is 0 Å². The van der Waals surface area contributed by atoms with Gasteiger partial charge in [-0.05, 0) is 42.7 Å². The van der Waals surface area contributed by atoms with Crippen LogP contribution in [0, 0.1) is 6.92 Å². The topological polar surface area (TPSA) is 58.9 Å². The second-order valence-electron chi connectivity index (χ2n) is 4.43. The lowest BCUT2D eigenvalue weighted by atomic mass is 10.0. The molecule has 0 heterocycles. The summed E-state index contributed by atoms with van der Waals surface area (Å²) in [6.07, 6.45) is 3.56. The summed E-state index contributed by atoms with van der Waals surface area (Å²) in [7, 11) is 0. The fourth-order valence-corrected chi connectivity index (χ4v) is 2.24. The third-order valence-corrected chi connectivity index (χ3v) is 3.47. The summed E-state index contributed by atoms with van der Waals surface area (Å²) in [5.74, 6) is 0. The van der Waals surface area contributed by atoms with Crippen LogP contribution < -0.4 is 0 Å². The Morgan fingerprint density at radius 2 is 1.62 bits per heavy atom. The van der Waals surface area contributed by atoms with Crippen molar-refractivity contribution in [3.05, 3.63) is 58.1 Å². The fraction of sp³-hybridized carbons (Fsp3) is 0.125. The molecule has 0 aliphatic rings. The van der Waals surface area contributed by atoms with E-state index in [0.29, 0.717) is 28.4 Å². The lowest BCUT2D eigenvalue weighted by Crippen LogP contribution is -1.91. The maximum atomic E-state index is 10.5. The molecule has 0 amide bonds. The SMILES string of the molecule is Cc1c(N=C=O)cc(Cc2ccccc2Cl)cc1N=C=O. The van der Waals surface area contributed by atoms with Crippen molar-refractivity contribution in [2.24, 2.45) is 9.98 Å². The molecule has 0 N–H and O–H groups in total. The van der Waals surface area contributed by atoms with E-state index in [1.807, 2.05) is 18.2 Å². The Labute approximate surface area is 126 Å². The third-order valence-electron chi connectivity index (χ3n) is 3.10. The van der Waals surface area contributed by atoms with E-state index in [4.69, 9.17) is 11.6 Å². The maximum absolute atomic E-state index is 10.5.